The Bertz CT molecular complexity index is 396. The molecule has 19 heavy (non-hydrogen) atoms. The van der Waals surface area contributed by atoms with E-state index in [1.165, 1.54) is 0 Å². The molecule has 106 valence electrons. The largest absolute Gasteiger partial charge is 0.361 e. The van der Waals surface area contributed by atoms with Gasteiger partial charge < -0.3 is 15.6 Å². The SMILES string of the molecule is CCc1nc(NN)cc(NCC(=O)N(CC)CC)n1. The van der Waals surface area contributed by atoms with Gasteiger partial charge in [-0.25, -0.2) is 15.8 Å². The smallest absolute Gasteiger partial charge is 0.241 e. The molecule has 0 aromatic carbocycles. The summed E-state index contributed by atoms with van der Waals surface area (Å²) in [7, 11) is 0. The first-order valence-corrected chi connectivity index (χ1v) is 6.50. The number of nitrogens with zero attached hydrogens (tertiary/aromatic N) is 3. The fourth-order valence-electron chi connectivity index (χ4n) is 1.67. The molecular formula is C12H22N6O. The van der Waals surface area contributed by atoms with Gasteiger partial charge in [0.25, 0.3) is 0 Å². The molecule has 0 radical (unpaired) electrons. The maximum atomic E-state index is 11.9. The minimum absolute atomic E-state index is 0.0453. The number of likely N-dealkylation sites (N-methyl/N-ethyl adjacent to an activating group) is 1. The highest BCUT2D eigenvalue weighted by atomic mass is 16.2. The van der Waals surface area contributed by atoms with E-state index in [-0.39, 0.29) is 12.5 Å². The number of hydrogen-bond acceptors (Lipinski definition) is 6. The standard InChI is InChI=1S/C12H22N6O/c1-4-9-15-10(7-11(16-9)17-13)14-8-12(19)18(5-2)6-3/h7H,4-6,8,13H2,1-3H3,(H2,14,15,16,17). The van der Waals surface area contributed by atoms with Crippen LogP contribution in [0, 0.1) is 0 Å². The first-order chi connectivity index (χ1) is 9.14. The van der Waals surface area contributed by atoms with Gasteiger partial charge in [0.1, 0.15) is 17.5 Å². The topological polar surface area (TPSA) is 96.2 Å². The molecule has 1 heterocycles. The number of aryl methyl sites for hydroxylation is 1. The van der Waals surface area contributed by atoms with Gasteiger partial charge in [-0.3, -0.25) is 4.79 Å². The zero-order chi connectivity index (χ0) is 14.3. The molecule has 0 atom stereocenters. The van der Waals surface area contributed by atoms with Gasteiger partial charge in [0.15, 0.2) is 0 Å². The van der Waals surface area contributed by atoms with Gasteiger partial charge in [-0.15, -0.1) is 0 Å². The van der Waals surface area contributed by atoms with Crippen LogP contribution in [-0.4, -0.2) is 40.4 Å². The van der Waals surface area contributed by atoms with Gasteiger partial charge in [0.05, 0.1) is 6.54 Å². The Morgan fingerprint density at radius 3 is 2.42 bits per heavy atom. The zero-order valence-electron chi connectivity index (χ0n) is 11.7. The summed E-state index contributed by atoms with van der Waals surface area (Å²) < 4.78 is 0. The van der Waals surface area contributed by atoms with Crippen molar-refractivity contribution in [3.63, 3.8) is 0 Å². The van der Waals surface area contributed by atoms with E-state index < -0.39 is 0 Å². The lowest BCUT2D eigenvalue weighted by molar-refractivity contribution is -0.128. The maximum Gasteiger partial charge on any atom is 0.241 e. The molecular weight excluding hydrogens is 244 g/mol. The van der Waals surface area contributed by atoms with Gasteiger partial charge in [-0.05, 0) is 13.8 Å². The number of anilines is 2. The highest BCUT2D eigenvalue weighted by Gasteiger charge is 2.10. The van der Waals surface area contributed by atoms with Crippen LogP contribution in [0.1, 0.15) is 26.6 Å². The monoisotopic (exact) mass is 266 g/mol. The van der Waals surface area contributed by atoms with Gasteiger partial charge in [-0.1, -0.05) is 6.92 Å². The molecule has 4 N–H and O–H groups in total. The van der Waals surface area contributed by atoms with Gasteiger partial charge in [-0.2, -0.15) is 0 Å². The molecule has 1 aromatic rings. The predicted molar refractivity (Wildman–Crippen MR) is 75.6 cm³/mol. The van der Waals surface area contributed by atoms with Crippen molar-refractivity contribution in [3.05, 3.63) is 11.9 Å². The first kappa shape index (κ1) is 15.2. The van der Waals surface area contributed by atoms with Crippen LogP contribution in [0.3, 0.4) is 0 Å². The Labute approximate surface area is 113 Å². The highest BCUT2D eigenvalue weighted by molar-refractivity contribution is 5.80. The molecule has 1 aromatic heterocycles. The second kappa shape index (κ2) is 7.52. The van der Waals surface area contributed by atoms with E-state index in [1.54, 1.807) is 11.0 Å². The first-order valence-electron chi connectivity index (χ1n) is 6.50. The average Bonchev–Trinajstić information content (AvgIpc) is 2.45. The molecule has 0 fully saturated rings. The number of amides is 1. The number of aromatic nitrogens is 2. The number of nitrogen functional groups attached to an aromatic ring is 1. The molecule has 0 aliphatic rings. The molecule has 0 aliphatic heterocycles. The molecule has 1 rings (SSSR count). The van der Waals surface area contributed by atoms with Crippen LogP contribution in [0.2, 0.25) is 0 Å². The summed E-state index contributed by atoms with van der Waals surface area (Å²) in [6.07, 6.45) is 0.703. The summed E-state index contributed by atoms with van der Waals surface area (Å²) >= 11 is 0. The van der Waals surface area contributed by atoms with Crippen LogP contribution in [0.15, 0.2) is 6.07 Å². The number of carbonyl (C=O) groups excluding carboxylic acids is 1. The lowest BCUT2D eigenvalue weighted by Crippen LogP contribution is -2.35. The van der Waals surface area contributed by atoms with Crippen molar-refractivity contribution in [3.8, 4) is 0 Å². The number of carbonyl (C=O) groups is 1. The fraction of sp³-hybridized carbons (Fsp3) is 0.583. The van der Waals surface area contributed by atoms with E-state index in [2.05, 4.69) is 20.7 Å². The Morgan fingerprint density at radius 2 is 1.89 bits per heavy atom. The van der Waals surface area contributed by atoms with Gasteiger partial charge in [0.2, 0.25) is 5.91 Å². The van der Waals surface area contributed by atoms with E-state index in [0.29, 0.717) is 37.0 Å². The predicted octanol–water partition coefficient (Wildman–Crippen LogP) is 0.605. The van der Waals surface area contributed by atoms with E-state index in [1.807, 2.05) is 20.8 Å². The Hall–Kier alpha value is -1.89. The lowest BCUT2D eigenvalue weighted by Gasteiger charge is -2.19. The third-order valence-corrected chi connectivity index (χ3v) is 2.77. The van der Waals surface area contributed by atoms with E-state index in [9.17, 15) is 4.79 Å². The molecule has 1 amide bonds. The maximum absolute atomic E-state index is 11.9. The van der Waals surface area contributed by atoms with Crippen molar-refractivity contribution >= 4 is 17.5 Å². The van der Waals surface area contributed by atoms with Crippen LogP contribution in [0.25, 0.3) is 0 Å². The Kier molecular flexibility index (Phi) is 6.01. The van der Waals surface area contributed by atoms with Crippen LogP contribution >= 0.6 is 0 Å². The zero-order valence-corrected chi connectivity index (χ0v) is 11.7. The normalized spacial score (nSPS) is 10.1. The van der Waals surface area contributed by atoms with Crippen molar-refractivity contribution in [1.29, 1.82) is 0 Å². The minimum Gasteiger partial charge on any atom is -0.361 e. The molecule has 0 saturated heterocycles. The molecule has 0 unspecified atom stereocenters. The quantitative estimate of drug-likeness (QED) is 0.494. The number of hydrogen-bond donors (Lipinski definition) is 3. The Morgan fingerprint density at radius 1 is 1.26 bits per heavy atom. The number of nitrogens with two attached hydrogens (primary N) is 1. The number of hydrazine groups is 1. The minimum atomic E-state index is 0.0453. The Balaban J connectivity index is 2.69. The van der Waals surface area contributed by atoms with Crippen molar-refractivity contribution < 1.29 is 4.79 Å². The summed E-state index contributed by atoms with van der Waals surface area (Å²) in [6.45, 7) is 7.50. The van der Waals surface area contributed by atoms with Crippen LogP contribution in [0.5, 0.6) is 0 Å². The summed E-state index contributed by atoms with van der Waals surface area (Å²) in [6, 6.07) is 1.68. The lowest BCUT2D eigenvalue weighted by atomic mass is 10.4. The average molecular weight is 266 g/mol. The second-order valence-electron chi connectivity index (χ2n) is 3.97. The summed E-state index contributed by atoms with van der Waals surface area (Å²) in [5, 5.41) is 3.01. The van der Waals surface area contributed by atoms with E-state index >= 15 is 0 Å². The molecule has 7 nitrogen and oxygen atoms in total. The van der Waals surface area contributed by atoms with Crippen LogP contribution in [-0.2, 0) is 11.2 Å². The van der Waals surface area contributed by atoms with Crippen LogP contribution in [0.4, 0.5) is 11.6 Å². The number of nitrogens with one attached hydrogen (secondary N) is 2. The second-order valence-corrected chi connectivity index (χ2v) is 3.97. The molecule has 0 aliphatic carbocycles. The molecule has 7 heteroatoms. The van der Waals surface area contributed by atoms with Crippen molar-refractivity contribution in [2.24, 2.45) is 5.84 Å². The van der Waals surface area contributed by atoms with Gasteiger partial charge in [0, 0.05) is 25.6 Å². The fourth-order valence-corrected chi connectivity index (χ4v) is 1.67. The third-order valence-electron chi connectivity index (χ3n) is 2.77. The van der Waals surface area contributed by atoms with Crippen molar-refractivity contribution in [1.82, 2.24) is 14.9 Å². The highest BCUT2D eigenvalue weighted by Crippen LogP contribution is 2.10. The summed E-state index contributed by atoms with van der Waals surface area (Å²) in [5.41, 5.74) is 2.49. The molecule has 0 bridgehead atoms. The number of rotatable bonds is 7. The summed E-state index contributed by atoms with van der Waals surface area (Å²) in [4.78, 5) is 22.1. The van der Waals surface area contributed by atoms with E-state index in [0.717, 1.165) is 0 Å². The van der Waals surface area contributed by atoms with Crippen LogP contribution < -0.4 is 16.6 Å². The van der Waals surface area contributed by atoms with Crippen molar-refractivity contribution in [2.75, 3.05) is 30.4 Å². The third kappa shape index (κ3) is 4.36. The van der Waals surface area contributed by atoms with Crippen molar-refractivity contribution in [2.45, 2.75) is 27.2 Å². The van der Waals surface area contributed by atoms with E-state index in [4.69, 9.17) is 5.84 Å². The molecule has 0 spiro atoms. The molecule has 0 saturated carbocycles. The summed E-state index contributed by atoms with van der Waals surface area (Å²) in [5.74, 6) is 7.20. The van der Waals surface area contributed by atoms with Gasteiger partial charge >= 0.3 is 0 Å².